The number of H-pyrrole nitrogens is 1. The van der Waals surface area contributed by atoms with E-state index in [0.29, 0.717) is 47.6 Å². The molecule has 1 heterocycles. The normalized spacial score (nSPS) is 13.2. The van der Waals surface area contributed by atoms with Crippen molar-refractivity contribution in [1.29, 1.82) is 0 Å². The molecule has 0 radical (unpaired) electrons. The molecule has 11 heteroatoms. The summed E-state index contributed by atoms with van der Waals surface area (Å²) in [5.74, 6) is -0.241. The van der Waals surface area contributed by atoms with E-state index >= 15 is 0 Å². The molecule has 0 fully saturated rings. The Hall–Kier alpha value is -4.45. The molecule has 0 spiro atoms. The van der Waals surface area contributed by atoms with Gasteiger partial charge >= 0.3 is 5.69 Å². The molecule has 11 nitrogen and oxygen atoms in total. The second-order valence-corrected chi connectivity index (χ2v) is 11.6. The molecule has 0 bridgehead atoms. The fourth-order valence-corrected chi connectivity index (χ4v) is 4.61. The van der Waals surface area contributed by atoms with E-state index < -0.39 is 16.9 Å². The van der Waals surface area contributed by atoms with E-state index in [2.05, 4.69) is 20.8 Å². The molecule has 1 unspecified atom stereocenters. The van der Waals surface area contributed by atoms with Gasteiger partial charge < -0.3 is 31.1 Å². The summed E-state index contributed by atoms with van der Waals surface area (Å²) in [7, 11) is 0. The summed E-state index contributed by atoms with van der Waals surface area (Å²) >= 11 is 0. The van der Waals surface area contributed by atoms with Crippen molar-refractivity contribution in [3.8, 4) is 28.6 Å². The van der Waals surface area contributed by atoms with Gasteiger partial charge in [0, 0.05) is 31.3 Å². The zero-order valence-electron chi connectivity index (χ0n) is 25.0. The summed E-state index contributed by atoms with van der Waals surface area (Å²) in [4.78, 5) is 25.2. The van der Waals surface area contributed by atoms with Crippen molar-refractivity contribution in [3.05, 3.63) is 93.4 Å². The number of amides is 1. The summed E-state index contributed by atoms with van der Waals surface area (Å²) in [6.07, 6.45) is 0. The molecule has 4 rings (SSSR count). The van der Waals surface area contributed by atoms with Crippen LogP contribution in [0.4, 0.5) is 0 Å². The van der Waals surface area contributed by atoms with Gasteiger partial charge in [0.15, 0.2) is 5.82 Å². The number of carbonyl (C=O) groups excluding carboxylic acids is 1. The van der Waals surface area contributed by atoms with E-state index in [9.17, 15) is 30.0 Å². The molecule has 0 saturated heterocycles. The fourth-order valence-electron chi connectivity index (χ4n) is 4.61. The van der Waals surface area contributed by atoms with Gasteiger partial charge in [0.05, 0.1) is 16.9 Å². The number of aromatic hydroxyl groups is 2. The quantitative estimate of drug-likeness (QED) is 0.131. The van der Waals surface area contributed by atoms with Crippen LogP contribution in [-0.2, 0) is 12.1 Å². The van der Waals surface area contributed by atoms with Crippen LogP contribution in [-0.4, -0.2) is 59.8 Å². The highest BCUT2D eigenvalue weighted by Crippen LogP contribution is 2.37. The number of phenolic OH excluding ortho intramolecular Hbond substituents is 2. The topological polar surface area (TPSA) is 173 Å². The van der Waals surface area contributed by atoms with E-state index in [1.165, 1.54) is 31.4 Å². The lowest BCUT2D eigenvalue weighted by atomic mass is 9.81. The lowest BCUT2D eigenvalue weighted by molar-refractivity contribution is -0.125. The molecule has 3 aromatic carbocycles. The van der Waals surface area contributed by atoms with Crippen molar-refractivity contribution in [2.24, 2.45) is 0 Å². The van der Waals surface area contributed by atoms with Gasteiger partial charge in [0.25, 0.3) is 5.91 Å². The highest BCUT2D eigenvalue weighted by molar-refractivity contribution is 5.94. The first-order valence-corrected chi connectivity index (χ1v) is 14.1. The van der Waals surface area contributed by atoms with Crippen molar-refractivity contribution in [2.45, 2.75) is 58.3 Å². The summed E-state index contributed by atoms with van der Waals surface area (Å²) in [6, 6.07) is 16.7. The van der Waals surface area contributed by atoms with Gasteiger partial charge in [-0.25, -0.2) is 14.5 Å². The van der Waals surface area contributed by atoms with Crippen molar-refractivity contribution < 1.29 is 25.2 Å². The van der Waals surface area contributed by atoms with Gasteiger partial charge in [-0.15, -0.1) is 0 Å². The van der Waals surface area contributed by atoms with Gasteiger partial charge in [-0.2, -0.15) is 5.10 Å². The molecule has 1 aromatic heterocycles. The number of benzene rings is 3. The first-order chi connectivity index (χ1) is 20.2. The number of hydrogen-bond donors (Lipinski definition) is 7. The molecule has 1 atom stereocenters. The number of rotatable bonds is 11. The molecule has 228 valence electrons. The third-order valence-electron chi connectivity index (χ3n) is 7.69. The van der Waals surface area contributed by atoms with Crippen LogP contribution in [0.15, 0.2) is 65.5 Å². The molecule has 0 saturated carbocycles. The summed E-state index contributed by atoms with van der Waals surface area (Å²) < 4.78 is 1.36. The molecular formula is C32H39N5O6. The Balaban J connectivity index is 1.33. The number of aromatic amines is 1. The van der Waals surface area contributed by atoms with Gasteiger partial charge in [-0.05, 0) is 73.7 Å². The van der Waals surface area contributed by atoms with E-state index in [4.69, 9.17) is 0 Å². The first kappa shape index (κ1) is 31.5. The third kappa shape index (κ3) is 6.80. The summed E-state index contributed by atoms with van der Waals surface area (Å²) in [6.45, 7) is 9.85. The predicted molar refractivity (Wildman–Crippen MR) is 163 cm³/mol. The SMILES string of the molecule is CC(C)c1cc(-c2n[nH]c(=O)n2-c2ccc(CNCCNC(=O)c3ccc(C(C)(O)C(C)(C)O)cc3)cc2)c(O)cc1O. The van der Waals surface area contributed by atoms with E-state index in [1.807, 2.05) is 26.0 Å². The summed E-state index contributed by atoms with van der Waals surface area (Å²) in [5.41, 5.74) is 0.138. The minimum atomic E-state index is -1.46. The van der Waals surface area contributed by atoms with Crippen LogP contribution in [0.2, 0.25) is 0 Å². The number of carbonyl (C=O) groups is 1. The van der Waals surface area contributed by atoms with Crippen molar-refractivity contribution >= 4 is 5.91 Å². The Bertz CT molecular complexity index is 1630. The number of aromatic nitrogens is 3. The molecular weight excluding hydrogens is 550 g/mol. The second kappa shape index (κ2) is 12.4. The Morgan fingerprint density at radius 2 is 1.60 bits per heavy atom. The van der Waals surface area contributed by atoms with Gasteiger partial charge in [0.1, 0.15) is 17.1 Å². The molecule has 7 N–H and O–H groups in total. The number of phenols is 2. The molecule has 0 aliphatic heterocycles. The minimum Gasteiger partial charge on any atom is -0.508 e. The lowest BCUT2D eigenvalue weighted by Gasteiger charge is -2.36. The lowest BCUT2D eigenvalue weighted by Crippen LogP contribution is -2.44. The predicted octanol–water partition coefficient (Wildman–Crippen LogP) is 3.26. The van der Waals surface area contributed by atoms with Gasteiger partial charge in [-0.1, -0.05) is 38.1 Å². The van der Waals surface area contributed by atoms with E-state index in [1.54, 1.807) is 42.5 Å². The van der Waals surface area contributed by atoms with Crippen molar-refractivity contribution in [2.75, 3.05) is 13.1 Å². The minimum absolute atomic E-state index is 0.00551. The van der Waals surface area contributed by atoms with Crippen LogP contribution in [0.25, 0.3) is 17.1 Å². The molecule has 4 aromatic rings. The number of nitrogens with zero attached hydrogens (tertiary/aromatic N) is 2. The monoisotopic (exact) mass is 589 g/mol. The smallest absolute Gasteiger partial charge is 0.348 e. The standard InChI is InChI=1S/C32H39N5O6/c1-19(2)24-16-25(27(39)17-26(24)38)28-35-36-30(41)37(28)23-12-6-20(7-13-23)18-33-14-15-34-29(40)21-8-10-22(11-9-21)32(5,43)31(3,4)42/h6-13,16-17,19,33,38-39,42-43H,14-15,18H2,1-5H3,(H,34,40)(H,36,41). The third-order valence-corrected chi connectivity index (χ3v) is 7.69. The zero-order chi connectivity index (χ0) is 31.5. The van der Waals surface area contributed by atoms with Crippen LogP contribution >= 0.6 is 0 Å². The average molecular weight is 590 g/mol. The van der Waals surface area contributed by atoms with Crippen molar-refractivity contribution in [1.82, 2.24) is 25.4 Å². The Morgan fingerprint density at radius 1 is 0.953 bits per heavy atom. The van der Waals surface area contributed by atoms with Crippen LogP contribution in [0, 0.1) is 0 Å². The average Bonchev–Trinajstić information content (AvgIpc) is 3.33. The van der Waals surface area contributed by atoms with Gasteiger partial charge in [0.2, 0.25) is 0 Å². The zero-order valence-corrected chi connectivity index (χ0v) is 25.0. The Labute approximate surface area is 249 Å². The molecule has 0 aliphatic rings. The maximum atomic E-state index is 12.6. The maximum absolute atomic E-state index is 12.6. The Kier molecular flexibility index (Phi) is 9.09. The fraction of sp³-hybridized carbons (Fsp3) is 0.344. The number of hydrogen-bond acceptors (Lipinski definition) is 8. The molecule has 43 heavy (non-hydrogen) atoms. The van der Waals surface area contributed by atoms with Gasteiger partial charge in [-0.3, -0.25) is 4.79 Å². The molecule has 0 aliphatic carbocycles. The van der Waals surface area contributed by atoms with Crippen LogP contribution < -0.4 is 16.3 Å². The highest BCUT2D eigenvalue weighted by Gasteiger charge is 2.39. The molecule has 1 amide bonds. The van der Waals surface area contributed by atoms with E-state index in [0.717, 1.165) is 5.56 Å². The van der Waals surface area contributed by atoms with Crippen molar-refractivity contribution in [3.63, 3.8) is 0 Å². The maximum Gasteiger partial charge on any atom is 0.348 e. The highest BCUT2D eigenvalue weighted by atomic mass is 16.4. The second-order valence-electron chi connectivity index (χ2n) is 11.6. The van der Waals surface area contributed by atoms with E-state index in [-0.39, 0.29) is 29.1 Å². The summed E-state index contributed by atoms with van der Waals surface area (Å²) in [5, 5.41) is 54.2. The number of aliphatic hydroxyl groups is 2. The first-order valence-electron chi connectivity index (χ1n) is 14.1. The van der Waals surface area contributed by atoms with Crippen LogP contribution in [0.3, 0.4) is 0 Å². The Morgan fingerprint density at radius 3 is 2.21 bits per heavy atom. The van der Waals surface area contributed by atoms with Crippen LogP contribution in [0.1, 0.15) is 67.6 Å². The largest absolute Gasteiger partial charge is 0.508 e. The number of nitrogens with one attached hydrogen (secondary N) is 3. The van der Waals surface area contributed by atoms with Crippen LogP contribution in [0.5, 0.6) is 11.5 Å².